The van der Waals surface area contributed by atoms with Gasteiger partial charge < -0.3 is 20.2 Å². The van der Waals surface area contributed by atoms with Crippen molar-refractivity contribution in [2.45, 2.75) is 19.3 Å². The first-order valence-electron chi connectivity index (χ1n) is 6.94. The lowest BCUT2D eigenvalue weighted by Gasteiger charge is -2.36. The van der Waals surface area contributed by atoms with Crippen LogP contribution in [0.3, 0.4) is 0 Å². The van der Waals surface area contributed by atoms with Gasteiger partial charge in [-0.25, -0.2) is 14.8 Å². The van der Waals surface area contributed by atoms with Crippen LogP contribution in [0.4, 0.5) is 16.4 Å². The number of hydrogen-bond acceptors (Lipinski definition) is 5. The van der Waals surface area contributed by atoms with Gasteiger partial charge in [-0.05, 0) is 5.92 Å². The van der Waals surface area contributed by atoms with Crippen molar-refractivity contribution >= 4 is 23.6 Å². The van der Waals surface area contributed by atoms with E-state index in [4.69, 9.17) is 5.11 Å². The van der Waals surface area contributed by atoms with E-state index in [1.807, 2.05) is 6.92 Å². The molecule has 1 aromatic heterocycles. The Kier molecular flexibility index (Phi) is 3.36. The van der Waals surface area contributed by atoms with E-state index in [1.54, 1.807) is 0 Å². The zero-order valence-corrected chi connectivity index (χ0v) is 11.7. The molecule has 1 unspecified atom stereocenters. The standard InChI is InChI=1S/C13H17N5O3/c1-8-6-9(19)16-11-10(8)12(15-7-14-11)17-2-4-18(5-3-17)13(20)21/h7-8H,2-6H2,1H3,(H,20,21)(H,14,15,16,19). The largest absolute Gasteiger partial charge is 0.465 e. The zero-order chi connectivity index (χ0) is 15.0. The van der Waals surface area contributed by atoms with Crippen molar-refractivity contribution in [1.82, 2.24) is 14.9 Å². The minimum absolute atomic E-state index is 0.0321. The Bertz CT molecular complexity index is 583. The highest BCUT2D eigenvalue weighted by Gasteiger charge is 2.30. The lowest BCUT2D eigenvalue weighted by Crippen LogP contribution is -2.49. The van der Waals surface area contributed by atoms with E-state index in [1.165, 1.54) is 11.2 Å². The van der Waals surface area contributed by atoms with Gasteiger partial charge in [-0.15, -0.1) is 0 Å². The normalized spacial score (nSPS) is 21.8. The summed E-state index contributed by atoms with van der Waals surface area (Å²) in [4.78, 5) is 34.5. The Morgan fingerprint density at radius 3 is 2.71 bits per heavy atom. The lowest BCUT2D eigenvalue weighted by atomic mass is 9.94. The van der Waals surface area contributed by atoms with Gasteiger partial charge in [-0.2, -0.15) is 0 Å². The van der Waals surface area contributed by atoms with Crippen molar-refractivity contribution < 1.29 is 14.7 Å². The predicted octanol–water partition coefficient (Wildman–Crippen LogP) is 0.722. The fraction of sp³-hybridized carbons (Fsp3) is 0.538. The van der Waals surface area contributed by atoms with Crippen LogP contribution in [0.5, 0.6) is 0 Å². The van der Waals surface area contributed by atoms with Crippen LogP contribution in [0.25, 0.3) is 0 Å². The highest BCUT2D eigenvalue weighted by molar-refractivity contribution is 5.94. The third-order valence-corrected chi connectivity index (χ3v) is 3.95. The summed E-state index contributed by atoms with van der Waals surface area (Å²) in [6.45, 7) is 4.08. The van der Waals surface area contributed by atoms with E-state index < -0.39 is 6.09 Å². The summed E-state index contributed by atoms with van der Waals surface area (Å²) in [5.74, 6) is 1.40. The number of carbonyl (C=O) groups excluding carboxylic acids is 1. The van der Waals surface area contributed by atoms with Crippen LogP contribution < -0.4 is 10.2 Å². The number of nitrogens with one attached hydrogen (secondary N) is 1. The molecule has 0 spiro atoms. The molecule has 1 aromatic rings. The summed E-state index contributed by atoms with van der Waals surface area (Å²) in [6, 6.07) is 0. The molecular weight excluding hydrogens is 274 g/mol. The summed E-state index contributed by atoms with van der Waals surface area (Å²) in [7, 11) is 0. The Balaban J connectivity index is 1.86. The molecule has 3 rings (SSSR count). The highest BCUT2D eigenvalue weighted by Crippen LogP contribution is 2.36. The van der Waals surface area contributed by atoms with Crippen LogP contribution in [0.2, 0.25) is 0 Å². The fourth-order valence-corrected chi connectivity index (χ4v) is 2.86. The molecule has 21 heavy (non-hydrogen) atoms. The van der Waals surface area contributed by atoms with Gasteiger partial charge in [0.25, 0.3) is 0 Å². The van der Waals surface area contributed by atoms with E-state index in [-0.39, 0.29) is 11.8 Å². The number of anilines is 2. The molecule has 0 radical (unpaired) electrons. The number of rotatable bonds is 1. The van der Waals surface area contributed by atoms with Gasteiger partial charge in [0.05, 0.1) is 0 Å². The molecule has 2 aliphatic heterocycles. The quantitative estimate of drug-likeness (QED) is 0.791. The summed E-state index contributed by atoms with van der Waals surface area (Å²) in [5, 5.41) is 11.8. The van der Waals surface area contributed by atoms with E-state index >= 15 is 0 Å². The maximum atomic E-state index is 11.6. The number of amides is 2. The fourth-order valence-electron chi connectivity index (χ4n) is 2.86. The molecule has 0 aliphatic carbocycles. The third kappa shape index (κ3) is 2.48. The van der Waals surface area contributed by atoms with Crippen molar-refractivity contribution in [1.29, 1.82) is 0 Å². The Hall–Kier alpha value is -2.38. The first kappa shape index (κ1) is 13.6. The molecule has 2 N–H and O–H groups in total. The SMILES string of the molecule is CC1CC(=O)Nc2ncnc(N3CCN(C(=O)O)CC3)c21. The first-order chi connectivity index (χ1) is 10.1. The number of nitrogens with zero attached hydrogens (tertiary/aromatic N) is 4. The molecule has 0 saturated carbocycles. The third-order valence-electron chi connectivity index (χ3n) is 3.95. The van der Waals surface area contributed by atoms with Crippen molar-refractivity contribution in [3.8, 4) is 0 Å². The van der Waals surface area contributed by atoms with E-state index in [2.05, 4.69) is 20.2 Å². The molecule has 0 aromatic carbocycles. The van der Waals surface area contributed by atoms with E-state index in [0.717, 1.165) is 11.4 Å². The van der Waals surface area contributed by atoms with Gasteiger partial charge in [-0.1, -0.05) is 6.92 Å². The van der Waals surface area contributed by atoms with Gasteiger partial charge in [0.1, 0.15) is 18.0 Å². The van der Waals surface area contributed by atoms with Gasteiger partial charge in [0.15, 0.2) is 0 Å². The minimum atomic E-state index is -0.889. The van der Waals surface area contributed by atoms with Crippen LogP contribution in [-0.2, 0) is 4.79 Å². The second-order valence-corrected chi connectivity index (χ2v) is 5.37. The van der Waals surface area contributed by atoms with Gasteiger partial charge in [0.2, 0.25) is 5.91 Å². The molecular formula is C13H17N5O3. The Morgan fingerprint density at radius 1 is 1.33 bits per heavy atom. The topological polar surface area (TPSA) is 98.7 Å². The number of carboxylic acid groups (broad SMARTS) is 1. The van der Waals surface area contributed by atoms with Gasteiger partial charge >= 0.3 is 6.09 Å². The molecule has 1 fully saturated rings. The van der Waals surface area contributed by atoms with E-state index in [0.29, 0.717) is 38.4 Å². The van der Waals surface area contributed by atoms with Crippen LogP contribution in [0.1, 0.15) is 24.8 Å². The predicted molar refractivity (Wildman–Crippen MR) is 75.5 cm³/mol. The molecule has 1 atom stereocenters. The average molecular weight is 291 g/mol. The van der Waals surface area contributed by atoms with Crippen molar-refractivity contribution in [3.05, 3.63) is 11.9 Å². The van der Waals surface area contributed by atoms with Crippen molar-refractivity contribution in [2.24, 2.45) is 0 Å². The number of aromatic nitrogens is 2. The molecule has 2 amide bonds. The van der Waals surface area contributed by atoms with E-state index in [9.17, 15) is 9.59 Å². The second kappa shape index (κ2) is 5.19. The van der Waals surface area contributed by atoms with Crippen LogP contribution >= 0.6 is 0 Å². The number of hydrogen-bond donors (Lipinski definition) is 2. The zero-order valence-electron chi connectivity index (χ0n) is 11.7. The first-order valence-corrected chi connectivity index (χ1v) is 6.94. The van der Waals surface area contributed by atoms with Gasteiger partial charge in [0, 0.05) is 38.2 Å². The molecule has 112 valence electrons. The summed E-state index contributed by atoms with van der Waals surface area (Å²) in [6.07, 6.45) is 0.971. The van der Waals surface area contributed by atoms with Crippen LogP contribution in [-0.4, -0.2) is 58.2 Å². The molecule has 1 saturated heterocycles. The average Bonchev–Trinajstić information content (AvgIpc) is 2.46. The number of fused-ring (bicyclic) bond motifs is 1. The smallest absolute Gasteiger partial charge is 0.407 e. The minimum Gasteiger partial charge on any atom is -0.465 e. The highest BCUT2D eigenvalue weighted by atomic mass is 16.4. The van der Waals surface area contributed by atoms with Gasteiger partial charge in [-0.3, -0.25) is 4.79 Å². The molecule has 3 heterocycles. The summed E-state index contributed by atoms with van der Waals surface area (Å²) >= 11 is 0. The maximum Gasteiger partial charge on any atom is 0.407 e. The lowest BCUT2D eigenvalue weighted by molar-refractivity contribution is -0.116. The maximum absolute atomic E-state index is 11.6. The van der Waals surface area contributed by atoms with Crippen molar-refractivity contribution in [3.63, 3.8) is 0 Å². The number of piperazine rings is 1. The summed E-state index contributed by atoms with van der Waals surface area (Å²) in [5.41, 5.74) is 0.945. The molecule has 8 nitrogen and oxygen atoms in total. The Morgan fingerprint density at radius 2 is 2.05 bits per heavy atom. The van der Waals surface area contributed by atoms with Crippen molar-refractivity contribution in [2.75, 3.05) is 36.4 Å². The molecule has 0 bridgehead atoms. The van der Waals surface area contributed by atoms with Crippen LogP contribution in [0, 0.1) is 0 Å². The summed E-state index contributed by atoms with van der Waals surface area (Å²) < 4.78 is 0. The molecule has 2 aliphatic rings. The van der Waals surface area contributed by atoms with Crippen LogP contribution in [0.15, 0.2) is 6.33 Å². The molecule has 8 heteroatoms. The Labute approximate surface area is 121 Å². The monoisotopic (exact) mass is 291 g/mol. The second-order valence-electron chi connectivity index (χ2n) is 5.37. The number of carbonyl (C=O) groups is 2.